The van der Waals surface area contributed by atoms with Crippen molar-refractivity contribution in [3.63, 3.8) is 0 Å². The van der Waals surface area contributed by atoms with Crippen LogP contribution >= 0.6 is 11.8 Å². The molecule has 2 heterocycles. The zero-order chi connectivity index (χ0) is 15.4. The number of amides is 2. The minimum absolute atomic E-state index is 0.0669. The van der Waals surface area contributed by atoms with E-state index < -0.39 is 0 Å². The van der Waals surface area contributed by atoms with Gasteiger partial charge < -0.3 is 14.8 Å². The third-order valence-corrected chi connectivity index (χ3v) is 4.98. The van der Waals surface area contributed by atoms with Gasteiger partial charge in [0.15, 0.2) is 0 Å². The van der Waals surface area contributed by atoms with E-state index in [0.717, 1.165) is 25.1 Å². The largest absolute Gasteiger partial charge is 0.323 e. The first kappa shape index (κ1) is 15.9. The van der Waals surface area contributed by atoms with Crippen molar-refractivity contribution >= 4 is 23.5 Å². The summed E-state index contributed by atoms with van der Waals surface area (Å²) in [5, 5.41) is 3.45. The fourth-order valence-electron chi connectivity index (χ4n) is 2.53. The number of rotatable bonds is 2. The van der Waals surface area contributed by atoms with Crippen molar-refractivity contribution in [2.24, 2.45) is 7.05 Å². The summed E-state index contributed by atoms with van der Waals surface area (Å²) < 4.78 is 1.48. The van der Waals surface area contributed by atoms with Gasteiger partial charge in [0.2, 0.25) is 0 Å². The Kier molecular flexibility index (Phi) is 5.33. The minimum atomic E-state index is -0.0716. The van der Waals surface area contributed by atoms with E-state index in [1.165, 1.54) is 17.4 Å². The number of aromatic nitrogens is 1. The molecule has 0 radical (unpaired) electrons. The lowest BCUT2D eigenvalue weighted by Crippen LogP contribution is -2.39. The summed E-state index contributed by atoms with van der Waals surface area (Å²) >= 11 is 1.83. The number of carbonyl (C=O) groups is 1. The number of likely N-dealkylation sites (tertiary alicyclic amines) is 1. The van der Waals surface area contributed by atoms with Gasteiger partial charge in [-0.1, -0.05) is 6.42 Å². The Hall–Kier alpha value is -1.43. The first-order valence-corrected chi connectivity index (χ1v) is 8.56. The van der Waals surface area contributed by atoms with Crippen LogP contribution in [0.1, 0.15) is 24.8 Å². The van der Waals surface area contributed by atoms with E-state index in [9.17, 15) is 9.59 Å². The lowest BCUT2D eigenvalue weighted by atomic mass is 10.2. The van der Waals surface area contributed by atoms with E-state index in [4.69, 9.17) is 0 Å². The van der Waals surface area contributed by atoms with Crippen LogP contribution in [0.4, 0.5) is 10.5 Å². The fourth-order valence-corrected chi connectivity index (χ4v) is 3.26. The molecule has 21 heavy (non-hydrogen) atoms. The molecule has 0 saturated carbocycles. The van der Waals surface area contributed by atoms with Gasteiger partial charge in [-0.05, 0) is 31.6 Å². The zero-order valence-electron chi connectivity index (χ0n) is 12.9. The quantitative estimate of drug-likeness (QED) is 0.913. The summed E-state index contributed by atoms with van der Waals surface area (Å²) in [4.78, 5) is 25.9. The monoisotopic (exact) mass is 309 g/mol. The maximum atomic E-state index is 12.4. The highest BCUT2D eigenvalue weighted by atomic mass is 32.2. The number of hydrogen-bond donors (Lipinski definition) is 1. The Bertz CT molecular complexity index is 571. The van der Waals surface area contributed by atoms with E-state index in [1.54, 1.807) is 19.3 Å². The highest BCUT2D eigenvalue weighted by Gasteiger charge is 2.21. The molecule has 1 N–H and O–H groups in total. The summed E-state index contributed by atoms with van der Waals surface area (Å²) in [7, 11) is 1.69. The second-order valence-corrected chi connectivity index (χ2v) is 6.69. The molecule has 0 aromatic carbocycles. The lowest BCUT2D eigenvalue weighted by molar-refractivity contribution is 0.214. The molecule has 2 amide bonds. The fraction of sp³-hybridized carbons (Fsp3) is 0.600. The molecule has 2 rings (SSSR count). The summed E-state index contributed by atoms with van der Waals surface area (Å²) in [6, 6.07) is 1.47. The molecule has 1 aromatic rings. The van der Waals surface area contributed by atoms with Crippen LogP contribution in [-0.4, -0.2) is 40.1 Å². The maximum absolute atomic E-state index is 12.4. The van der Waals surface area contributed by atoms with Crippen molar-refractivity contribution in [2.75, 3.05) is 24.7 Å². The van der Waals surface area contributed by atoms with Gasteiger partial charge in [0, 0.05) is 37.7 Å². The van der Waals surface area contributed by atoms with E-state index in [0.29, 0.717) is 10.9 Å². The SMILES string of the molecule is CSC1CCCCN(C(=O)Nc2cn(C)c(=O)cc2C)C1. The summed E-state index contributed by atoms with van der Waals surface area (Å²) in [5.74, 6) is 0. The molecule has 1 aromatic heterocycles. The average Bonchev–Trinajstić information content (AvgIpc) is 2.70. The van der Waals surface area contributed by atoms with Crippen LogP contribution in [0.25, 0.3) is 0 Å². The van der Waals surface area contributed by atoms with E-state index in [-0.39, 0.29) is 11.6 Å². The number of carbonyl (C=O) groups excluding carboxylic acids is 1. The van der Waals surface area contributed by atoms with Crippen molar-refractivity contribution in [3.05, 3.63) is 28.2 Å². The van der Waals surface area contributed by atoms with Gasteiger partial charge in [0.05, 0.1) is 5.69 Å². The van der Waals surface area contributed by atoms with E-state index in [2.05, 4.69) is 11.6 Å². The highest BCUT2D eigenvalue weighted by molar-refractivity contribution is 7.99. The van der Waals surface area contributed by atoms with Crippen LogP contribution in [-0.2, 0) is 7.05 Å². The predicted octanol–water partition coefficient (Wildman–Crippen LogP) is 2.44. The van der Waals surface area contributed by atoms with Gasteiger partial charge in [0.25, 0.3) is 5.56 Å². The van der Waals surface area contributed by atoms with Gasteiger partial charge in [-0.2, -0.15) is 11.8 Å². The number of hydrogen-bond acceptors (Lipinski definition) is 3. The van der Waals surface area contributed by atoms with Crippen molar-refractivity contribution < 1.29 is 4.79 Å². The normalized spacial score (nSPS) is 19.2. The molecule has 1 aliphatic heterocycles. The molecule has 1 saturated heterocycles. The first-order valence-electron chi connectivity index (χ1n) is 7.27. The summed E-state index contributed by atoms with van der Waals surface area (Å²) in [6.07, 6.45) is 7.18. The molecule has 0 bridgehead atoms. The third-order valence-electron chi connectivity index (χ3n) is 3.93. The molecule has 0 spiro atoms. The molecule has 5 nitrogen and oxygen atoms in total. The van der Waals surface area contributed by atoms with Gasteiger partial charge in [-0.25, -0.2) is 4.79 Å². The number of urea groups is 1. The predicted molar refractivity (Wildman–Crippen MR) is 88.2 cm³/mol. The standard InChI is InChI=1S/C15H23N3O2S/c1-11-8-14(19)17(2)10-13(11)16-15(20)18-7-5-4-6-12(9-18)21-3/h8,10,12H,4-7,9H2,1-3H3,(H,16,20). The Morgan fingerprint density at radius 1 is 1.43 bits per heavy atom. The molecular formula is C15H23N3O2S. The van der Waals surface area contributed by atoms with Crippen molar-refractivity contribution in [2.45, 2.75) is 31.4 Å². The summed E-state index contributed by atoms with van der Waals surface area (Å²) in [6.45, 7) is 3.43. The number of nitrogens with zero attached hydrogens (tertiary/aromatic N) is 2. The van der Waals surface area contributed by atoms with E-state index in [1.807, 2.05) is 23.6 Å². The number of pyridine rings is 1. The molecule has 1 atom stereocenters. The highest BCUT2D eigenvalue weighted by Crippen LogP contribution is 2.21. The Morgan fingerprint density at radius 3 is 2.90 bits per heavy atom. The molecule has 1 unspecified atom stereocenters. The summed E-state index contributed by atoms with van der Waals surface area (Å²) in [5.41, 5.74) is 1.43. The Morgan fingerprint density at radius 2 is 2.19 bits per heavy atom. The van der Waals surface area contributed by atoms with Crippen LogP contribution < -0.4 is 10.9 Å². The first-order chi connectivity index (χ1) is 10.0. The topological polar surface area (TPSA) is 54.3 Å². The number of thioether (sulfide) groups is 1. The van der Waals surface area contributed by atoms with Crippen LogP contribution in [0.2, 0.25) is 0 Å². The lowest BCUT2D eigenvalue weighted by Gasteiger charge is -2.24. The van der Waals surface area contributed by atoms with Crippen LogP contribution in [0.15, 0.2) is 17.1 Å². The van der Waals surface area contributed by atoms with Crippen LogP contribution in [0, 0.1) is 6.92 Å². The average molecular weight is 309 g/mol. The van der Waals surface area contributed by atoms with Gasteiger partial charge in [0.1, 0.15) is 0 Å². The minimum Gasteiger partial charge on any atom is -0.323 e. The van der Waals surface area contributed by atoms with Crippen molar-refractivity contribution in [1.82, 2.24) is 9.47 Å². The van der Waals surface area contributed by atoms with Crippen molar-refractivity contribution in [1.29, 1.82) is 0 Å². The van der Waals surface area contributed by atoms with Gasteiger partial charge >= 0.3 is 6.03 Å². The maximum Gasteiger partial charge on any atom is 0.321 e. The van der Waals surface area contributed by atoms with Gasteiger partial charge in [-0.3, -0.25) is 4.79 Å². The molecule has 116 valence electrons. The van der Waals surface area contributed by atoms with Crippen LogP contribution in [0.3, 0.4) is 0 Å². The third kappa shape index (κ3) is 4.03. The van der Waals surface area contributed by atoms with Crippen LogP contribution in [0.5, 0.6) is 0 Å². The van der Waals surface area contributed by atoms with Crippen molar-refractivity contribution in [3.8, 4) is 0 Å². The zero-order valence-corrected chi connectivity index (χ0v) is 13.7. The molecule has 1 fully saturated rings. The Balaban J connectivity index is 2.10. The number of nitrogens with one attached hydrogen (secondary N) is 1. The molecule has 6 heteroatoms. The molecular weight excluding hydrogens is 286 g/mol. The second kappa shape index (κ2) is 7.02. The smallest absolute Gasteiger partial charge is 0.321 e. The number of aryl methyl sites for hydroxylation is 2. The van der Waals surface area contributed by atoms with E-state index >= 15 is 0 Å². The molecule has 0 aliphatic carbocycles. The Labute approximate surface area is 129 Å². The second-order valence-electron chi connectivity index (χ2n) is 5.55. The molecule has 1 aliphatic rings. The van der Waals surface area contributed by atoms with Gasteiger partial charge in [-0.15, -0.1) is 0 Å². The number of anilines is 1.